The number of amides is 2. The number of rotatable bonds is 7. The molecule has 0 unspecified atom stereocenters. The first kappa shape index (κ1) is 14.4. The molecule has 0 aliphatic rings. The summed E-state index contributed by atoms with van der Waals surface area (Å²) in [5.74, 6) is -1.07. The number of thiazole rings is 1. The predicted molar refractivity (Wildman–Crippen MR) is 65.8 cm³/mol. The van der Waals surface area contributed by atoms with Gasteiger partial charge in [0, 0.05) is 18.5 Å². The van der Waals surface area contributed by atoms with Gasteiger partial charge in [0.2, 0.25) is 0 Å². The zero-order chi connectivity index (χ0) is 13.4. The van der Waals surface area contributed by atoms with Crippen LogP contribution in [0.15, 0.2) is 5.38 Å². The van der Waals surface area contributed by atoms with Crippen molar-refractivity contribution >= 4 is 23.3 Å². The summed E-state index contributed by atoms with van der Waals surface area (Å²) in [6.07, 6.45) is 0. The van der Waals surface area contributed by atoms with Gasteiger partial charge in [-0.05, 0) is 6.92 Å². The molecule has 2 amide bonds. The Morgan fingerprint density at radius 2 is 2.28 bits per heavy atom. The Hall–Kier alpha value is -1.67. The SMILES string of the molecule is CCOCCNC(=O)NCc1nc(C(=O)O)cs1. The first-order chi connectivity index (χ1) is 8.63. The number of carbonyl (C=O) groups is 2. The number of ether oxygens (including phenoxy) is 1. The molecule has 1 rings (SSSR count). The van der Waals surface area contributed by atoms with Crippen LogP contribution in [0.4, 0.5) is 4.79 Å². The van der Waals surface area contributed by atoms with Crippen molar-refractivity contribution in [2.45, 2.75) is 13.5 Å². The molecule has 0 fully saturated rings. The van der Waals surface area contributed by atoms with E-state index in [0.29, 0.717) is 24.8 Å². The van der Waals surface area contributed by atoms with Crippen LogP contribution in [-0.4, -0.2) is 41.8 Å². The highest BCUT2D eigenvalue weighted by Crippen LogP contribution is 2.08. The third-order valence-corrected chi connectivity index (χ3v) is 2.76. The Morgan fingerprint density at radius 1 is 1.50 bits per heavy atom. The molecule has 0 aliphatic heterocycles. The molecule has 1 heterocycles. The van der Waals surface area contributed by atoms with E-state index in [9.17, 15) is 9.59 Å². The van der Waals surface area contributed by atoms with E-state index < -0.39 is 5.97 Å². The maximum absolute atomic E-state index is 11.3. The molecule has 0 atom stereocenters. The van der Waals surface area contributed by atoms with Crippen molar-refractivity contribution in [3.8, 4) is 0 Å². The van der Waals surface area contributed by atoms with Gasteiger partial charge in [-0.1, -0.05) is 0 Å². The number of carboxylic acid groups (broad SMARTS) is 1. The van der Waals surface area contributed by atoms with E-state index in [2.05, 4.69) is 15.6 Å². The van der Waals surface area contributed by atoms with Crippen molar-refractivity contribution in [1.82, 2.24) is 15.6 Å². The van der Waals surface area contributed by atoms with E-state index in [1.807, 2.05) is 6.92 Å². The average Bonchev–Trinajstić information content (AvgIpc) is 2.81. The van der Waals surface area contributed by atoms with Crippen LogP contribution in [0.5, 0.6) is 0 Å². The number of hydrogen-bond donors (Lipinski definition) is 3. The van der Waals surface area contributed by atoms with E-state index >= 15 is 0 Å². The molecule has 0 aromatic carbocycles. The molecule has 8 heteroatoms. The molecule has 1 aromatic rings. The first-order valence-corrected chi connectivity index (χ1v) is 6.28. The van der Waals surface area contributed by atoms with E-state index in [0.717, 1.165) is 0 Å². The summed E-state index contributed by atoms with van der Waals surface area (Å²) in [6, 6.07) is -0.332. The van der Waals surface area contributed by atoms with E-state index in [1.165, 1.54) is 16.7 Å². The predicted octanol–water partition coefficient (Wildman–Crippen LogP) is 0.677. The highest BCUT2D eigenvalue weighted by atomic mass is 32.1. The van der Waals surface area contributed by atoms with Crippen LogP contribution >= 0.6 is 11.3 Å². The second kappa shape index (κ2) is 7.62. The number of urea groups is 1. The largest absolute Gasteiger partial charge is 0.476 e. The van der Waals surface area contributed by atoms with Gasteiger partial charge < -0.3 is 20.5 Å². The highest BCUT2D eigenvalue weighted by molar-refractivity contribution is 7.09. The Labute approximate surface area is 108 Å². The average molecular weight is 273 g/mol. The maximum Gasteiger partial charge on any atom is 0.355 e. The zero-order valence-corrected chi connectivity index (χ0v) is 10.7. The van der Waals surface area contributed by atoms with Gasteiger partial charge in [0.05, 0.1) is 13.2 Å². The van der Waals surface area contributed by atoms with Crippen LogP contribution in [0.2, 0.25) is 0 Å². The van der Waals surface area contributed by atoms with Gasteiger partial charge in [-0.3, -0.25) is 0 Å². The summed E-state index contributed by atoms with van der Waals surface area (Å²) in [5.41, 5.74) is -0.00597. The van der Waals surface area contributed by atoms with Crippen LogP contribution in [0.25, 0.3) is 0 Å². The summed E-state index contributed by atoms with van der Waals surface area (Å²) in [6.45, 7) is 3.59. The molecular formula is C10H15N3O4S. The lowest BCUT2D eigenvalue weighted by Crippen LogP contribution is -2.36. The molecule has 18 heavy (non-hydrogen) atoms. The van der Waals surface area contributed by atoms with Gasteiger partial charge in [-0.2, -0.15) is 0 Å². The number of carboxylic acids is 1. The number of hydrogen-bond acceptors (Lipinski definition) is 5. The Balaban J connectivity index is 2.23. The van der Waals surface area contributed by atoms with Crippen molar-refractivity contribution in [3.63, 3.8) is 0 Å². The summed E-state index contributed by atoms with van der Waals surface area (Å²) in [4.78, 5) is 25.7. The molecule has 7 nitrogen and oxygen atoms in total. The topological polar surface area (TPSA) is 101 Å². The minimum absolute atomic E-state index is 0.00597. The van der Waals surface area contributed by atoms with Gasteiger partial charge in [0.1, 0.15) is 5.01 Å². The van der Waals surface area contributed by atoms with E-state index in [-0.39, 0.29) is 18.3 Å². The smallest absolute Gasteiger partial charge is 0.355 e. The lowest BCUT2D eigenvalue weighted by Gasteiger charge is -2.05. The number of carbonyl (C=O) groups excluding carboxylic acids is 1. The number of nitrogens with one attached hydrogen (secondary N) is 2. The molecule has 0 saturated heterocycles. The lowest BCUT2D eigenvalue weighted by atomic mass is 10.5. The van der Waals surface area contributed by atoms with Crippen molar-refractivity contribution in [3.05, 3.63) is 16.1 Å². The molecule has 100 valence electrons. The third kappa shape index (κ3) is 5.11. The minimum atomic E-state index is -1.07. The Kier molecular flexibility index (Phi) is 6.09. The number of aromatic carboxylic acids is 1. The van der Waals surface area contributed by atoms with Crippen LogP contribution in [-0.2, 0) is 11.3 Å². The van der Waals surface area contributed by atoms with Crippen molar-refractivity contribution < 1.29 is 19.4 Å². The molecule has 1 aromatic heterocycles. The lowest BCUT2D eigenvalue weighted by molar-refractivity contribution is 0.0691. The molecule has 0 spiro atoms. The molecule has 3 N–H and O–H groups in total. The summed E-state index contributed by atoms with van der Waals surface area (Å²) in [7, 11) is 0. The molecule has 0 radical (unpaired) electrons. The standard InChI is InChI=1S/C10H15N3O4S/c1-2-17-4-3-11-10(16)12-5-8-13-7(6-18-8)9(14)15/h6H,2-5H2,1H3,(H,14,15)(H2,11,12,16). The fraction of sp³-hybridized carbons (Fsp3) is 0.500. The van der Waals surface area contributed by atoms with Crippen LogP contribution in [0.3, 0.4) is 0 Å². The molecule has 0 aliphatic carbocycles. The Bertz CT molecular complexity index is 408. The fourth-order valence-corrected chi connectivity index (χ4v) is 1.80. The molecule has 0 saturated carbocycles. The van der Waals surface area contributed by atoms with Crippen LogP contribution in [0.1, 0.15) is 22.4 Å². The van der Waals surface area contributed by atoms with Crippen LogP contribution < -0.4 is 10.6 Å². The number of nitrogens with zero attached hydrogens (tertiary/aromatic N) is 1. The van der Waals surface area contributed by atoms with Gasteiger partial charge in [0.15, 0.2) is 5.69 Å². The first-order valence-electron chi connectivity index (χ1n) is 5.40. The fourth-order valence-electron chi connectivity index (χ4n) is 1.09. The zero-order valence-electron chi connectivity index (χ0n) is 9.93. The van der Waals surface area contributed by atoms with Crippen molar-refractivity contribution in [1.29, 1.82) is 0 Å². The quantitative estimate of drug-likeness (QED) is 0.634. The monoisotopic (exact) mass is 273 g/mol. The van der Waals surface area contributed by atoms with Gasteiger partial charge in [0.25, 0.3) is 0 Å². The summed E-state index contributed by atoms with van der Waals surface area (Å²) >= 11 is 1.19. The third-order valence-electron chi connectivity index (χ3n) is 1.91. The second-order valence-corrected chi connectivity index (χ2v) is 4.18. The molecular weight excluding hydrogens is 258 g/mol. The highest BCUT2D eigenvalue weighted by Gasteiger charge is 2.09. The van der Waals surface area contributed by atoms with Crippen LogP contribution in [0, 0.1) is 0 Å². The van der Waals surface area contributed by atoms with E-state index in [4.69, 9.17) is 9.84 Å². The maximum atomic E-state index is 11.3. The van der Waals surface area contributed by atoms with Crippen molar-refractivity contribution in [2.75, 3.05) is 19.8 Å². The number of aromatic nitrogens is 1. The second-order valence-electron chi connectivity index (χ2n) is 3.24. The van der Waals surface area contributed by atoms with Crippen molar-refractivity contribution in [2.24, 2.45) is 0 Å². The minimum Gasteiger partial charge on any atom is -0.476 e. The summed E-state index contributed by atoms with van der Waals surface area (Å²) in [5, 5.41) is 15.8. The summed E-state index contributed by atoms with van der Waals surface area (Å²) < 4.78 is 5.06. The normalized spacial score (nSPS) is 10.1. The van der Waals surface area contributed by atoms with Gasteiger partial charge in [-0.15, -0.1) is 11.3 Å². The van der Waals surface area contributed by atoms with Gasteiger partial charge >= 0.3 is 12.0 Å². The van der Waals surface area contributed by atoms with E-state index in [1.54, 1.807) is 0 Å². The van der Waals surface area contributed by atoms with Gasteiger partial charge in [-0.25, -0.2) is 14.6 Å². The Morgan fingerprint density at radius 3 is 2.89 bits per heavy atom. The molecule has 0 bridgehead atoms.